The molecule has 2 aromatic carbocycles. The van der Waals surface area contributed by atoms with E-state index in [1.54, 1.807) is 36.4 Å². The number of benzene rings is 2. The molecule has 25 heavy (non-hydrogen) atoms. The van der Waals surface area contributed by atoms with E-state index in [0.717, 1.165) is 5.56 Å². The number of carbonyl (C=O) groups excluding carboxylic acids is 1. The highest BCUT2D eigenvalue weighted by atomic mass is 35.5. The second-order valence-corrected chi connectivity index (χ2v) is 5.98. The maximum atomic E-state index is 12.0. The van der Waals surface area contributed by atoms with Gasteiger partial charge in [0.1, 0.15) is 12.4 Å². The van der Waals surface area contributed by atoms with Crippen LogP contribution in [0.1, 0.15) is 17.5 Å². The number of para-hydroxylation sites is 1. The molecular weight excluding hydrogens is 346 g/mol. The van der Waals surface area contributed by atoms with Crippen LogP contribution in [0, 0.1) is 0 Å². The van der Waals surface area contributed by atoms with Crippen molar-refractivity contribution in [3.8, 4) is 5.75 Å². The predicted molar refractivity (Wildman–Crippen MR) is 92.1 cm³/mol. The van der Waals surface area contributed by atoms with Crippen molar-refractivity contribution in [2.45, 2.75) is 25.6 Å². The number of halogens is 1. The van der Waals surface area contributed by atoms with E-state index in [0.29, 0.717) is 34.9 Å². The molecule has 1 unspecified atom stereocenters. The highest BCUT2D eigenvalue weighted by molar-refractivity contribution is 6.31. The monoisotopic (exact) mass is 361 g/mol. The highest BCUT2D eigenvalue weighted by Gasteiger charge is 2.27. The molecule has 1 atom stereocenters. The number of aliphatic carboxylic acids is 1. The Hall–Kier alpha value is -2.73. The summed E-state index contributed by atoms with van der Waals surface area (Å²) in [4.78, 5) is 23.2. The third kappa shape index (κ3) is 4.03. The zero-order valence-electron chi connectivity index (χ0n) is 13.2. The molecule has 0 bridgehead atoms. The molecule has 2 aromatic rings. The molecule has 0 aromatic heterocycles. The zero-order valence-corrected chi connectivity index (χ0v) is 14.0. The van der Waals surface area contributed by atoms with Gasteiger partial charge >= 0.3 is 12.1 Å². The second kappa shape index (κ2) is 7.44. The lowest BCUT2D eigenvalue weighted by Crippen LogP contribution is -2.31. The van der Waals surface area contributed by atoms with Crippen LogP contribution < -0.4 is 10.1 Å². The summed E-state index contributed by atoms with van der Waals surface area (Å²) in [5.41, 5.74) is 1.92. The Kier molecular flexibility index (Phi) is 5.09. The molecule has 0 spiro atoms. The number of rotatable bonds is 4. The number of aryl methyl sites for hydroxylation is 1. The van der Waals surface area contributed by atoms with Crippen molar-refractivity contribution in [1.82, 2.24) is 0 Å². The van der Waals surface area contributed by atoms with Gasteiger partial charge in [-0.1, -0.05) is 41.9 Å². The van der Waals surface area contributed by atoms with Gasteiger partial charge in [-0.05, 0) is 30.5 Å². The lowest BCUT2D eigenvalue weighted by molar-refractivity contribution is -0.145. The number of hydrogen-bond acceptors (Lipinski definition) is 4. The van der Waals surface area contributed by atoms with Gasteiger partial charge < -0.3 is 14.6 Å². The summed E-state index contributed by atoms with van der Waals surface area (Å²) in [6.07, 6.45) is -0.636. The first-order valence-electron chi connectivity index (χ1n) is 7.73. The summed E-state index contributed by atoms with van der Waals surface area (Å²) in [6, 6.07) is 12.3. The molecule has 3 rings (SSSR count). The highest BCUT2D eigenvalue weighted by Crippen LogP contribution is 2.35. The van der Waals surface area contributed by atoms with Crippen molar-refractivity contribution >= 4 is 29.4 Å². The van der Waals surface area contributed by atoms with Crippen molar-refractivity contribution in [3.63, 3.8) is 0 Å². The summed E-state index contributed by atoms with van der Waals surface area (Å²) < 4.78 is 10.7. The van der Waals surface area contributed by atoms with Crippen LogP contribution in [0.4, 0.5) is 10.5 Å². The molecule has 2 N–H and O–H groups in total. The number of carboxylic acid groups (broad SMARTS) is 1. The number of hydrogen-bond donors (Lipinski definition) is 2. The first-order valence-corrected chi connectivity index (χ1v) is 8.11. The van der Waals surface area contributed by atoms with E-state index in [-0.39, 0.29) is 6.61 Å². The molecule has 0 aliphatic carbocycles. The molecule has 7 heteroatoms. The third-order valence-corrected chi connectivity index (χ3v) is 4.23. The minimum Gasteiger partial charge on any atom is -0.479 e. The number of fused-ring (bicyclic) bond motifs is 1. The van der Waals surface area contributed by atoms with Gasteiger partial charge in [-0.2, -0.15) is 0 Å². The molecule has 1 amide bonds. The van der Waals surface area contributed by atoms with E-state index in [2.05, 4.69) is 5.32 Å². The van der Waals surface area contributed by atoms with Crippen LogP contribution in [0.15, 0.2) is 42.5 Å². The summed E-state index contributed by atoms with van der Waals surface area (Å²) in [5, 5.41) is 12.2. The van der Waals surface area contributed by atoms with Crippen LogP contribution in [-0.2, 0) is 22.6 Å². The van der Waals surface area contributed by atoms with Crippen LogP contribution >= 0.6 is 11.6 Å². The molecule has 6 nitrogen and oxygen atoms in total. The van der Waals surface area contributed by atoms with E-state index in [4.69, 9.17) is 26.2 Å². The van der Waals surface area contributed by atoms with Crippen LogP contribution in [-0.4, -0.2) is 23.3 Å². The maximum absolute atomic E-state index is 12.0. The van der Waals surface area contributed by atoms with Gasteiger partial charge in [-0.15, -0.1) is 0 Å². The lowest BCUT2D eigenvalue weighted by atomic mass is 10.0. The topological polar surface area (TPSA) is 84.9 Å². The molecule has 0 saturated heterocycles. The van der Waals surface area contributed by atoms with E-state index < -0.39 is 18.2 Å². The van der Waals surface area contributed by atoms with E-state index in [1.165, 1.54) is 0 Å². The average Bonchev–Trinajstić information content (AvgIpc) is 2.61. The minimum atomic E-state index is -1.03. The van der Waals surface area contributed by atoms with Crippen LogP contribution in [0.25, 0.3) is 0 Å². The lowest BCUT2D eigenvalue weighted by Gasteiger charge is -2.25. The van der Waals surface area contributed by atoms with Crippen LogP contribution in [0.3, 0.4) is 0 Å². The molecule has 0 radical (unpaired) electrons. The Morgan fingerprint density at radius 1 is 1.24 bits per heavy atom. The Morgan fingerprint density at radius 3 is 2.80 bits per heavy atom. The standard InChI is InChI=1S/C18H16ClNO5/c19-13-6-2-1-4-12(13)10-24-18(23)20-14-7-3-5-11-8-9-15(17(21)22)25-16(11)14/h1-7,15H,8-10H2,(H,20,23)(H,21,22). The average molecular weight is 362 g/mol. The Morgan fingerprint density at radius 2 is 2.04 bits per heavy atom. The van der Waals surface area contributed by atoms with E-state index in [9.17, 15) is 9.59 Å². The number of ether oxygens (including phenoxy) is 2. The number of amides is 1. The van der Waals surface area contributed by atoms with E-state index in [1.807, 2.05) is 6.07 Å². The van der Waals surface area contributed by atoms with Crippen LogP contribution in [0.2, 0.25) is 5.02 Å². The van der Waals surface area contributed by atoms with Crippen molar-refractivity contribution in [2.75, 3.05) is 5.32 Å². The van der Waals surface area contributed by atoms with Gasteiger partial charge in [-0.3, -0.25) is 5.32 Å². The van der Waals surface area contributed by atoms with Crippen LogP contribution in [0.5, 0.6) is 5.75 Å². The molecular formula is C18H16ClNO5. The van der Waals surface area contributed by atoms with Crippen molar-refractivity contribution in [1.29, 1.82) is 0 Å². The van der Waals surface area contributed by atoms with Gasteiger partial charge in [0.05, 0.1) is 5.69 Å². The van der Waals surface area contributed by atoms with Gasteiger partial charge in [0, 0.05) is 10.6 Å². The summed E-state index contributed by atoms with van der Waals surface area (Å²) in [5.74, 6) is -0.655. The molecule has 0 saturated carbocycles. The van der Waals surface area contributed by atoms with E-state index >= 15 is 0 Å². The zero-order chi connectivity index (χ0) is 17.8. The number of carboxylic acids is 1. The second-order valence-electron chi connectivity index (χ2n) is 5.57. The Balaban J connectivity index is 1.68. The molecule has 1 aliphatic rings. The Labute approximate surface area is 149 Å². The summed E-state index contributed by atoms with van der Waals surface area (Å²) in [6.45, 7) is 0.0269. The fourth-order valence-corrected chi connectivity index (χ4v) is 2.78. The summed E-state index contributed by atoms with van der Waals surface area (Å²) in [7, 11) is 0. The number of nitrogens with one attached hydrogen (secondary N) is 1. The third-order valence-electron chi connectivity index (χ3n) is 3.86. The first kappa shape index (κ1) is 17.1. The minimum absolute atomic E-state index is 0.0269. The predicted octanol–water partition coefficient (Wildman–Crippen LogP) is 3.87. The normalized spacial score (nSPS) is 15.6. The van der Waals surface area contributed by atoms with Crippen molar-refractivity contribution < 1.29 is 24.2 Å². The fourth-order valence-electron chi connectivity index (χ4n) is 2.59. The van der Waals surface area contributed by atoms with Gasteiger partial charge in [0.2, 0.25) is 0 Å². The van der Waals surface area contributed by atoms with Gasteiger partial charge in [-0.25, -0.2) is 9.59 Å². The largest absolute Gasteiger partial charge is 0.479 e. The quantitative estimate of drug-likeness (QED) is 0.863. The number of anilines is 1. The molecule has 0 fully saturated rings. The molecule has 1 aliphatic heterocycles. The van der Waals surface area contributed by atoms with Crippen molar-refractivity contribution in [2.24, 2.45) is 0 Å². The molecule has 1 heterocycles. The smallest absolute Gasteiger partial charge is 0.412 e. The number of carbonyl (C=O) groups is 2. The Bertz CT molecular complexity index is 808. The maximum Gasteiger partial charge on any atom is 0.412 e. The van der Waals surface area contributed by atoms with Gasteiger partial charge in [0.25, 0.3) is 0 Å². The van der Waals surface area contributed by atoms with Crippen molar-refractivity contribution in [3.05, 3.63) is 58.6 Å². The summed E-state index contributed by atoms with van der Waals surface area (Å²) >= 11 is 6.02. The molecule has 130 valence electrons. The van der Waals surface area contributed by atoms with Gasteiger partial charge in [0.15, 0.2) is 6.10 Å². The first-order chi connectivity index (χ1) is 12.0. The SMILES string of the molecule is O=C(Nc1cccc2c1OC(C(=O)O)CC2)OCc1ccccc1Cl. The fraction of sp³-hybridized carbons (Fsp3) is 0.222.